The molecule has 276 valence electrons. The first-order chi connectivity index (χ1) is 22.8. The van der Waals surface area contributed by atoms with Crippen LogP contribution in [0.3, 0.4) is 0 Å². The Hall–Kier alpha value is -2.78. The topological polar surface area (TPSA) is 119 Å². The molecule has 1 aliphatic heterocycles. The number of benzene rings is 1. The number of ketones is 1. The molecule has 1 atom stereocenters. The lowest BCUT2D eigenvalue weighted by Gasteiger charge is -2.30. The van der Waals surface area contributed by atoms with Gasteiger partial charge in [-0.25, -0.2) is 9.69 Å². The third-order valence-corrected chi connectivity index (χ3v) is 8.32. The average Bonchev–Trinajstić information content (AvgIpc) is 3.28. The zero-order valence-electron chi connectivity index (χ0n) is 31.6. The number of carbonyl (C=O) groups is 5. The number of unbranched alkanes of at least 4 members (excludes halogenated alkanes) is 9. The number of ether oxygens (including phenoxy) is 2. The highest BCUT2D eigenvalue weighted by Gasteiger charge is 2.55. The summed E-state index contributed by atoms with van der Waals surface area (Å²) < 4.78 is 11.0. The van der Waals surface area contributed by atoms with E-state index in [0.717, 1.165) is 18.4 Å². The number of Topliss-reactive ketones (excluding diaryl/α,β-unsaturated/α-hetero) is 1. The molecule has 0 bridgehead atoms. The molecular formula is C38H65ClN2O7. The van der Waals surface area contributed by atoms with Crippen LogP contribution in [-0.4, -0.2) is 53.6 Å². The van der Waals surface area contributed by atoms with Gasteiger partial charge in [0.1, 0.15) is 6.79 Å². The van der Waals surface area contributed by atoms with Crippen molar-refractivity contribution in [2.45, 2.75) is 165 Å². The van der Waals surface area contributed by atoms with E-state index >= 15 is 0 Å². The number of nitrogens with one attached hydrogen (secondary N) is 1. The molecule has 1 aromatic carbocycles. The van der Waals surface area contributed by atoms with Crippen molar-refractivity contribution in [1.29, 1.82) is 0 Å². The number of rotatable bonds is 19. The summed E-state index contributed by atoms with van der Waals surface area (Å²) >= 11 is 6.35. The van der Waals surface area contributed by atoms with E-state index in [9.17, 15) is 19.2 Å². The van der Waals surface area contributed by atoms with E-state index in [1.54, 1.807) is 39.0 Å². The number of anilines is 1. The molecule has 9 nitrogen and oxygen atoms in total. The number of carbonyl (C=O) groups excluding carboxylic acids is 5. The summed E-state index contributed by atoms with van der Waals surface area (Å²) in [5, 5.41) is 2.91. The fourth-order valence-corrected chi connectivity index (χ4v) is 4.78. The highest BCUT2D eigenvalue weighted by molar-refractivity contribution is 6.34. The minimum Gasteiger partial charge on any atom is -0.433 e. The van der Waals surface area contributed by atoms with Crippen LogP contribution in [0.1, 0.15) is 152 Å². The van der Waals surface area contributed by atoms with Crippen LogP contribution < -0.4 is 5.32 Å². The molecule has 0 radical (unpaired) electrons. The molecule has 0 aliphatic carbocycles. The maximum Gasteiger partial charge on any atom is 0.418 e. The summed E-state index contributed by atoms with van der Waals surface area (Å²) in [5.41, 5.74) is -1.39. The van der Waals surface area contributed by atoms with Crippen molar-refractivity contribution in [3.05, 3.63) is 28.8 Å². The normalized spacial score (nSPS) is 13.9. The molecule has 1 saturated heterocycles. The summed E-state index contributed by atoms with van der Waals surface area (Å²) in [6, 6.07) is 3.41. The number of hydrogen-bond donors (Lipinski definition) is 1. The molecule has 10 heteroatoms. The number of imide groups is 1. The van der Waals surface area contributed by atoms with Gasteiger partial charge in [0, 0.05) is 12.0 Å². The van der Waals surface area contributed by atoms with Gasteiger partial charge in [-0.2, -0.15) is 0 Å². The summed E-state index contributed by atoms with van der Waals surface area (Å²) in [6.45, 7) is 21.6. The molecule has 0 aromatic heterocycles. The van der Waals surface area contributed by atoms with E-state index in [0.29, 0.717) is 24.5 Å². The fraction of sp³-hybridized carbons (Fsp3) is 0.711. The second kappa shape index (κ2) is 26.1. The minimum absolute atomic E-state index is 0.255. The van der Waals surface area contributed by atoms with E-state index in [-0.39, 0.29) is 10.7 Å². The largest absolute Gasteiger partial charge is 0.433 e. The van der Waals surface area contributed by atoms with Crippen molar-refractivity contribution in [1.82, 2.24) is 4.90 Å². The molecule has 48 heavy (non-hydrogen) atoms. The number of nitrogens with zero attached hydrogens (tertiary/aromatic N) is 1. The van der Waals surface area contributed by atoms with Gasteiger partial charge in [0.15, 0.2) is 17.4 Å². The zero-order chi connectivity index (χ0) is 37.3. The Balaban J connectivity index is 0. The Kier molecular flexibility index (Phi) is 25.8. The predicted molar refractivity (Wildman–Crippen MR) is 196 cm³/mol. The maximum absolute atomic E-state index is 13.5. The monoisotopic (exact) mass is 696 g/mol. The van der Waals surface area contributed by atoms with Crippen LogP contribution in [0.15, 0.2) is 18.2 Å². The van der Waals surface area contributed by atoms with Gasteiger partial charge in [0.2, 0.25) is 0 Å². The third-order valence-electron chi connectivity index (χ3n) is 7.99. The molecule has 1 aromatic rings. The standard InChI is InChI=1S/C29H43ClN2O6.C6H14.C2H6.CH2O/c1-7-9-10-11-12-13-14-17-37-19-20-15-16-21(30)22(18-20)31-25(34)23(24(33)28(3,4)8-2)32-26(35)29(5,6)38-27(32)36;1-3-5-6-4-2;2*1-2/h15-16,18,23H,7-14,17,19H2,1-6H3,(H,31,34);3-6H2,1-2H3;1-2H3;1H2. The number of cyclic esters (lactones) is 1. The Morgan fingerprint density at radius 1 is 0.917 bits per heavy atom. The van der Waals surface area contributed by atoms with Crippen LogP contribution in [0.5, 0.6) is 0 Å². The SMILES string of the molecule is C=O.CC.CCCCCC.CCCCCCCCCOCc1ccc(Cl)c(NC(=O)C(C(=O)C(C)(C)CC)N2C(=O)OC(C)(C)C2=O)c1. The molecule has 1 N–H and O–H groups in total. The second-order valence-electron chi connectivity index (χ2n) is 12.7. The number of hydrogen-bond acceptors (Lipinski definition) is 7. The summed E-state index contributed by atoms with van der Waals surface area (Å²) in [6.07, 6.45) is 13.3. The van der Waals surface area contributed by atoms with Crippen LogP contribution in [0, 0.1) is 5.41 Å². The van der Waals surface area contributed by atoms with Crippen molar-refractivity contribution in [3.63, 3.8) is 0 Å². The summed E-state index contributed by atoms with van der Waals surface area (Å²) in [7, 11) is 0. The first-order valence-corrected chi connectivity index (χ1v) is 18.2. The summed E-state index contributed by atoms with van der Waals surface area (Å²) in [5.74, 6) is -2.14. The highest BCUT2D eigenvalue weighted by atomic mass is 35.5. The lowest BCUT2D eigenvalue weighted by atomic mass is 9.81. The van der Waals surface area contributed by atoms with Crippen LogP contribution in [0.4, 0.5) is 10.5 Å². The van der Waals surface area contributed by atoms with Crippen molar-refractivity contribution in [2.24, 2.45) is 5.41 Å². The van der Waals surface area contributed by atoms with Crippen LogP contribution in [-0.2, 0) is 35.3 Å². The number of halogens is 1. The van der Waals surface area contributed by atoms with E-state index < -0.39 is 40.7 Å². The Morgan fingerprint density at radius 3 is 1.90 bits per heavy atom. The van der Waals surface area contributed by atoms with Crippen LogP contribution in [0.2, 0.25) is 5.02 Å². The third kappa shape index (κ3) is 16.6. The fourth-order valence-electron chi connectivity index (χ4n) is 4.62. The molecule has 0 saturated carbocycles. The summed E-state index contributed by atoms with van der Waals surface area (Å²) in [4.78, 5) is 61.1. The second-order valence-corrected chi connectivity index (χ2v) is 13.1. The van der Waals surface area contributed by atoms with Crippen molar-refractivity contribution in [2.75, 3.05) is 11.9 Å². The lowest BCUT2D eigenvalue weighted by Crippen LogP contribution is -2.56. The van der Waals surface area contributed by atoms with Crippen LogP contribution in [0.25, 0.3) is 0 Å². The van der Waals surface area contributed by atoms with E-state index in [2.05, 4.69) is 26.1 Å². The maximum atomic E-state index is 13.5. The molecule has 1 aliphatic rings. The molecule has 1 heterocycles. The average molecular weight is 697 g/mol. The lowest BCUT2D eigenvalue weighted by molar-refractivity contribution is -0.146. The van der Waals surface area contributed by atoms with E-state index in [4.69, 9.17) is 25.9 Å². The molecule has 0 spiro atoms. The van der Waals surface area contributed by atoms with Gasteiger partial charge in [0.25, 0.3) is 11.8 Å². The van der Waals surface area contributed by atoms with Gasteiger partial charge < -0.3 is 19.6 Å². The van der Waals surface area contributed by atoms with Gasteiger partial charge in [-0.15, -0.1) is 0 Å². The van der Waals surface area contributed by atoms with Gasteiger partial charge in [-0.3, -0.25) is 14.4 Å². The minimum atomic E-state index is -1.69. The predicted octanol–water partition coefficient (Wildman–Crippen LogP) is 10.1. The highest BCUT2D eigenvalue weighted by Crippen LogP contribution is 2.32. The Bertz CT molecular complexity index is 1090. The molecule has 1 fully saturated rings. The van der Waals surface area contributed by atoms with Gasteiger partial charge in [-0.05, 0) is 44.4 Å². The van der Waals surface area contributed by atoms with Gasteiger partial charge in [0.05, 0.1) is 17.3 Å². The molecular weight excluding hydrogens is 632 g/mol. The van der Waals surface area contributed by atoms with Crippen molar-refractivity contribution in [3.8, 4) is 0 Å². The first kappa shape index (κ1) is 47.3. The number of amides is 3. The van der Waals surface area contributed by atoms with Crippen molar-refractivity contribution >= 4 is 47.8 Å². The molecule has 2 rings (SSSR count). The molecule has 1 unspecified atom stereocenters. The Morgan fingerprint density at radius 2 is 1.42 bits per heavy atom. The van der Waals surface area contributed by atoms with E-state index in [1.165, 1.54) is 71.6 Å². The van der Waals surface area contributed by atoms with Crippen LogP contribution >= 0.6 is 11.6 Å². The smallest absolute Gasteiger partial charge is 0.418 e. The van der Waals surface area contributed by atoms with E-state index in [1.807, 2.05) is 20.6 Å². The quantitative estimate of drug-likeness (QED) is 0.113. The molecule has 3 amide bonds. The zero-order valence-corrected chi connectivity index (χ0v) is 32.4. The van der Waals surface area contributed by atoms with Crippen molar-refractivity contribution < 1.29 is 33.4 Å². The van der Waals surface area contributed by atoms with Gasteiger partial charge in [-0.1, -0.05) is 137 Å². The first-order valence-electron chi connectivity index (χ1n) is 17.8. The van der Waals surface area contributed by atoms with Gasteiger partial charge >= 0.3 is 6.09 Å². The Labute approximate surface area is 296 Å².